The van der Waals surface area contributed by atoms with Gasteiger partial charge >= 0.3 is 0 Å². The van der Waals surface area contributed by atoms with Crippen LogP contribution in [0, 0.1) is 6.57 Å². The number of halogens is 1. The maximum absolute atomic E-state index is 7.07. The molecule has 1 saturated carbocycles. The van der Waals surface area contributed by atoms with Crippen LogP contribution in [0.2, 0.25) is 5.15 Å². The van der Waals surface area contributed by atoms with Crippen LogP contribution in [0.15, 0.2) is 12.4 Å². The van der Waals surface area contributed by atoms with E-state index in [1.165, 1.54) is 19.2 Å². The predicted octanol–water partition coefficient (Wildman–Crippen LogP) is 3.02. The summed E-state index contributed by atoms with van der Waals surface area (Å²) in [6, 6.07) is 1.93. The molecule has 0 aromatic carbocycles. The van der Waals surface area contributed by atoms with E-state index in [9.17, 15) is 0 Å². The lowest BCUT2D eigenvalue weighted by molar-refractivity contribution is 0.966. The molecule has 1 fully saturated rings. The summed E-state index contributed by atoms with van der Waals surface area (Å²) in [6.45, 7) is 7.07. The Morgan fingerprint density at radius 2 is 2.28 bits per heavy atom. The molecule has 2 heterocycles. The first-order valence-electron chi connectivity index (χ1n) is 5.48. The third-order valence-electron chi connectivity index (χ3n) is 2.75. The number of nitrogens with zero attached hydrogens (tertiary/aromatic N) is 4. The van der Waals surface area contributed by atoms with Crippen molar-refractivity contribution < 1.29 is 0 Å². The molecule has 1 aliphatic rings. The van der Waals surface area contributed by atoms with Crippen LogP contribution in [0.25, 0.3) is 4.85 Å². The summed E-state index contributed by atoms with van der Waals surface area (Å²) in [7, 11) is 0. The van der Waals surface area contributed by atoms with Gasteiger partial charge in [0, 0.05) is 17.7 Å². The maximum atomic E-state index is 7.07. The standard InChI is InChI=1S/C11H9ClN6/c1-13-9-10(12)14-5-15-11(9)16-8-4-7(17-18-8)6-2-3-6/h4-6H,2-3H2,(H2,14,15,16,17,18). The van der Waals surface area contributed by atoms with Gasteiger partial charge in [-0.3, -0.25) is 5.10 Å². The summed E-state index contributed by atoms with van der Waals surface area (Å²) in [4.78, 5) is 11.1. The van der Waals surface area contributed by atoms with Crippen molar-refractivity contribution in [1.29, 1.82) is 0 Å². The molecule has 3 rings (SSSR count). The molecule has 2 N–H and O–H groups in total. The highest BCUT2D eigenvalue weighted by atomic mass is 35.5. The van der Waals surface area contributed by atoms with Gasteiger partial charge in [0.25, 0.3) is 5.69 Å². The van der Waals surface area contributed by atoms with Crippen molar-refractivity contribution in [3.63, 3.8) is 0 Å². The van der Waals surface area contributed by atoms with Gasteiger partial charge in [0.1, 0.15) is 17.3 Å². The van der Waals surface area contributed by atoms with E-state index in [1.807, 2.05) is 6.07 Å². The van der Waals surface area contributed by atoms with Crippen LogP contribution in [0.3, 0.4) is 0 Å². The Balaban J connectivity index is 1.87. The van der Waals surface area contributed by atoms with Crippen molar-refractivity contribution in [3.8, 4) is 0 Å². The Labute approximate surface area is 108 Å². The molecular weight excluding hydrogens is 252 g/mol. The number of anilines is 2. The zero-order valence-corrected chi connectivity index (χ0v) is 10.1. The number of aromatic amines is 1. The number of aromatic nitrogens is 4. The third kappa shape index (κ3) is 2.00. The first-order valence-corrected chi connectivity index (χ1v) is 5.86. The minimum Gasteiger partial charge on any atom is -0.332 e. The number of hydrogen-bond acceptors (Lipinski definition) is 4. The second-order valence-corrected chi connectivity index (χ2v) is 4.44. The van der Waals surface area contributed by atoms with Gasteiger partial charge in [-0.25, -0.2) is 14.8 Å². The second kappa shape index (κ2) is 4.27. The molecule has 0 radical (unpaired) electrons. The average Bonchev–Trinajstić information content (AvgIpc) is 3.11. The number of hydrogen-bond donors (Lipinski definition) is 2. The van der Waals surface area contributed by atoms with Gasteiger partial charge in [0.15, 0.2) is 5.82 Å². The minimum absolute atomic E-state index is 0.139. The van der Waals surface area contributed by atoms with E-state index in [2.05, 4.69) is 30.3 Å². The Morgan fingerprint density at radius 3 is 3.00 bits per heavy atom. The van der Waals surface area contributed by atoms with Crippen LogP contribution < -0.4 is 5.32 Å². The highest BCUT2D eigenvalue weighted by Gasteiger charge is 2.25. The van der Waals surface area contributed by atoms with Crippen molar-refractivity contribution in [2.75, 3.05) is 5.32 Å². The zero-order chi connectivity index (χ0) is 12.5. The van der Waals surface area contributed by atoms with E-state index in [-0.39, 0.29) is 10.8 Å². The molecule has 0 amide bonds. The van der Waals surface area contributed by atoms with Crippen molar-refractivity contribution in [2.24, 2.45) is 0 Å². The fraction of sp³-hybridized carbons (Fsp3) is 0.273. The molecule has 2 aromatic heterocycles. The highest BCUT2D eigenvalue weighted by molar-refractivity contribution is 6.32. The molecule has 6 nitrogen and oxygen atoms in total. The van der Waals surface area contributed by atoms with E-state index < -0.39 is 0 Å². The van der Waals surface area contributed by atoms with Gasteiger partial charge < -0.3 is 5.32 Å². The monoisotopic (exact) mass is 260 g/mol. The highest BCUT2D eigenvalue weighted by Crippen LogP contribution is 2.40. The van der Waals surface area contributed by atoms with Gasteiger partial charge in [-0.15, -0.1) is 0 Å². The van der Waals surface area contributed by atoms with Crippen LogP contribution in [0.4, 0.5) is 17.3 Å². The fourth-order valence-corrected chi connectivity index (χ4v) is 1.85. The first-order chi connectivity index (χ1) is 8.78. The molecule has 0 unspecified atom stereocenters. The molecule has 1 aliphatic carbocycles. The normalized spacial score (nSPS) is 14.2. The predicted molar refractivity (Wildman–Crippen MR) is 67.1 cm³/mol. The molecule has 18 heavy (non-hydrogen) atoms. The minimum atomic E-state index is 0.139. The zero-order valence-electron chi connectivity index (χ0n) is 9.31. The Hall–Kier alpha value is -2.13. The van der Waals surface area contributed by atoms with E-state index in [1.54, 1.807) is 0 Å². The van der Waals surface area contributed by atoms with Crippen LogP contribution in [-0.2, 0) is 0 Å². The van der Waals surface area contributed by atoms with Crippen molar-refractivity contribution in [1.82, 2.24) is 20.2 Å². The third-order valence-corrected chi connectivity index (χ3v) is 3.03. The molecule has 0 aliphatic heterocycles. The lowest BCUT2D eigenvalue weighted by Gasteiger charge is -2.03. The molecule has 90 valence electrons. The average molecular weight is 261 g/mol. The largest absolute Gasteiger partial charge is 0.332 e. The summed E-state index contributed by atoms with van der Waals surface area (Å²) in [5, 5.41) is 10.2. The Bertz CT molecular complexity index is 625. The molecular formula is C11H9ClN6. The van der Waals surface area contributed by atoms with Crippen molar-refractivity contribution in [3.05, 3.63) is 34.7 Å². The van der Waals surface area contributed by atoms with Gasteiger partial charge in [-0.2, -0.15) is 5.10 Å². The summed E-state index contributed by atoms with van der Waals surface area (Å²) in [6.07, 6.45) is 3.72. The van der Waals surface area contributed by atoms with Crippen LogP contribution in [0.1, 0.15) is 24.5 Å². The summed E-state index contributed by atoms with van der Waals surface area (Å²) >= 11 is 5.83. The maximum Gasteiger partial charge on any atom is 0.264 e. The lowest BCUT2D eigenvalue weighted by atomic mass is 10.3. The smallest absolute Gasteiger partial charge is 0.264 e. The summed E-state index contributed by atoms with van der Waals surface area (Å²) in [5.74, 6) is 1.61. The quantitative estimate of drug-likeness (QED) is 0.657. The van der Waals surface area contributed by atoms with Gasteiger partial charge in [-0.1, -0.05) is 11.6 Å². The summed E-state index contributed by atoms with van der Waals surface area (Å²) < 4.78 is 0. The Kier molecular flexibility index (Phi) is 2.61. The van der Waals surface area contributed by atoms with E-state index >= 15 is 0 Å². The van der Waals surface area contributed by atoms with Crippen LogP contribution in [-0.4, -0.2) is 20.2 Å². The van der Waals surface area contributed by atoms with Gasteiger partial charge in [0.2, 0.25) is 0 Å². The van der Waals surface area contributed by atoms with Gasteiger partial charge in [-0.05, 0) is 12.8 Å². The number of rotatable bonds is 3. The lowest BCUT2D eigenvalue weighted by Crippen LogP contribution is -1.95. The Morgan fingerprint density at radius 1 is 1.44 bits per heavy atom. The van der Waals surface area contributed by atoms with E-state index in [4.69, 9.17) is 18.2 Å². The van der Waals surface area contributed by atoms with Crippen LogP contribution >= 0.6 is 11.6 Å². The molecule has 0 saturated heterocycles. The second-order valence-electron chi connectivity index (χ2n) is 4.08. The SMILES string of the molecule is [C-]#[N+]c1c(Cl)ncnc1Nc1cc(C2CC2)[nH]n1. The molecule has 7 heteroatoms. The van der Waals surface area contributed by atoms with Crippen LogP contribution in [0.5, 0.6) is 0 Å². The summed E-state index contributed by atoms with van der Waals surface area (Å²) in [5.41, 5.74) is 1.32. The molecule has 0 bridgehead atoms. The molecule has 2 aromatic rings. The molecule has 0 atom stereocenters. The van der Waals surface area contributed by atoms with Gasteiger partial charge in [0.05, 0.1) is 6.57 Å². The molecule has 0 spiro atoms. The number of nitrogens with one attached hydrogen (secondary N) is 2. The van der Waals surface area contributed by atoms with E-state index in [0.29, 0.717) is 17.6 Å². The van der Waals surface area contributed by atoms with E-state index in [0.717, 1.165) is 5.69 Å². The number of H-pyrrole nitrogens is 1. The van der Waals surface area contributed by atoms with Crippen molar-refractivity contribution in [2.45, 2.75) is 18.8 Å². The fourth-order valence-electron chi connectivity index (χ4n) is 1.67. The topological polar surface area (TPSA) is 70.8 Å². The first kappa shape index (κ1) is 11.0. The van der Waals surface area contributed by atoms with Crippen molar-refractivity contribution >= 4 is 28.9 Å².